The Labute approximate surface area is 159 Å². The molecule has 1 amide bonds. The highest BCUT2D eigenvalue weighted by atomic mass is 79.9. The van der Waals surface area contributed by atoms with Gasteiger partial charge in [0.2, 0.25) is 0 Å². The van der Waals surface area contributed by atoms with E-state index < -0.39 is 0 Å². The van der Waals surface area contributed by atoms with Crippen LogP contribution < -0.4 is 0 Å². The fraction of sp³-hybridized carbons (Fsp3) is 0.316. The molecule has 2 aromatic rings. The van der Waals surface area contributed by atoms with Gasteiger partial charge in [-0.15, -0.1) is 0 Å². The maximum atomic E-state index is 12.6. The normalized spacial score (nSPS) is 23.2. The Bertz CT molecular complexity index is 666. The van der Waals surface area contributed by atoms with Crippen molar-refractivity contribution < 1.29 is 9.53 Å². The third kappa shape index (κ3) is 4.19. The second-order valence-corrected chi connectivity index (χ2v) is 8.14. The third-order valence-corrected chi connectivity index (χ3v) is 7.03. The molecule has 0 aliphatic carbocycles. The number of hydrogen-bond donors (Lipinski definition) is 0. The van der Waals surface area contributed by atoms with Gasteiger partial charge in [0.05, 0.1) is 6.04 Å². The summed E-state index contributed by atoms with van der Waals surface area (Å²) in [4.78, 5) is 14.8. The van der Waals surface area contributed by atoms with Crippen LogP contribution in [-0.2, 0) is 17.8 Å². The minimum atomic E-state index is -0.258. The molecule has 126 valence electrons. The Kier molecular flexibility index (Phi) is 5.95. The number of likely N-dealkylation sites (tertiary alicyclic amines) is 1. The Morgan fingerprint density at radius 1 is 1.00 bits per heavy atom. The van der Waals surface area contributed by atoms with Gasteiger partial charge in [0.25, 0.3) is 0 Å². The van der Waals surface area contributed by atoms with Crippen LogP contribution in [0.3, 0.4) is 0 Å². The zero-order valence-corrected chi connectivity index (χ0v) is 16.3. The molecule has 0 N–H and O–H groups in total. The molecule has 0 bridgehead atoms. The van der Waals surface area contributed by atoms with Gasteiger partial charge in [-0.05, 0) is 17.5 Å². The van der Waals surface area contributed by atoms with Gasteiger partial charge in [-0.25, -0.2) is 4.79 Å². The predicted molar refractivity (Wildman–Crippen MR) is 103 cm³/mol. The SMILES string of the molecule is O=C(OCc1ccccc1)N1C[C@@H](Br)[C@H](Br)[C@H]1Cc1ccccc1. The molecule has 3 atom stereocenters. The number of nitrogens with zero attached hydrogens (tertiary/aromatic N) is 1. The summed E-state index contributed by atoms with van der Waals surface area (Å²) in [5.74, 6) is 0. The van der Waals surface area contributed by atoms with Crippen molar-refractivity contribution in [2.45, 2.75) is 28.7 Å². The molecular weight excluding hydrogens is 434 g/mol. The van der Waals surface area contributed by atoms with Crippen LogP contribution in [0.5, 0.6) is 0 Å². The fourth-order valence-corrected chi connectivity index (χ4v) is 4.23. The molecule has 1 heterocycles. The van der Waals surface area contributed by atoms with Gasteiger partial charge in [-0.1, -0.05) is 92.5 Å². The average Bonchev–Trinajstić information content (AvgIpc) is 2.90. The van der Waals surface area contributed by atoms with Crippen molar-refractivity contribution in [2.24, 2.45) is 0 Å². The first kappa shape index (κ1) is 17.5. The molecule has 0 radical (unpaired) electrons. The molecule has 1 aliphatic heterocycles. The Morgan fingerprint density at radius 3 is 2.21 bits per heavy atom. The molecule has 0 saturated carbocycles. The summed E-state index contributed by atoms with van der Waals surface area (Å²) in [6.07, 6.45) is 0.547. The summed E-state index contributed by atoms with van der Waals surface area (Å²) in [5.41, 5.74) is 2.21. The van der Waals surface area contributed by atoms with Gasteiger partial charge >= 0.3 is 6.09 Å². The highest BCUT2D eigenvalue weighted by Crippen LogP contribution is 2.32. The van der Waals surface area contributed by atoms with E-state index in [0.29, 0.717) is 13.2 Å². The molecule has 1 saturated heterocycles. The van der Waals surface area contributed by atoms with Crippen molar-refractivity contribution in [1.29, 1.82) is 0 Å². The molecule has 0 spiro atoms. The number of amides is 1. The lowest BCUT2D eigenvalue weighted by Crippen LogP contribution is -2.40. The molecular formula is C19H19Br2NO2. The molecule has 3 nitrogen and oxygen atoms in total. The highest BCUT2D eigenvalue weighted by molar-refractivity contribution is 9.12. The van der Waals surface area contributed by atoms with Crippen LogP contribution in [0.4, 0.5) is 4.79 Å². The topological polar surface area (TPSA) is 29.5 Å². The lowest BCUT2D eigenvalue weighted by molar-refractivity contribution is 0.0927. The van der Waals surface area contributed by atoms with Crippen LogP contribution in [0, 0.1) is 0 Å². The van der Waals surface area contributed by atoms with Crippen LogP contribution >= 0.6 is 31.9 Å². The molecule has 0 unspecified atom stereocenters. The van der Waals surface area contributed by atoms with Crippen LogP contribution in [0.25, 0.3) is 0 Å². The maximum absolute atomic E-state index is 12.6. The highest BCUT2D eigenvalue weighted by Gasteiger charge is 2.42. The van der Waals surface area contributed by atoms with Gasteiger partial charge in [0.15, 0.2) is 0 Å². The largest absolute Gasteiger partial charge is 0.445 e. The molecule has 3 rings (SSSR count). The molecule has 5 heteroatoms. The predicted octanol–water partition coefficient (Wildman–Crippen LogP) is 4.78. The van der Waals surface area contributed by atoms with Crippen molar-refractivity contribution in [3.63, 3.8) is 0 Å². The van der Waals surface area contributed by atoms with Crippen LogP contribution in [0.2, 0.25) is 0 Å². The average molecular weight is 453 g/mol. The number of alkyl halides is 2. The summed E-state index contributed by atoms with van der Waals surface area (Å²) >= 11 is 7.40. The van der Waals surface area contributed by atoms with Crippen molar-refractivity contribution in [3.8, 4) is 0 Å². The number of rotatable bonds is 4. The van der Waals surface area contributed by atoms with Gasteiger partial charge in [-0.3, -0.25) is 0 Å². The number of carbonyl (C=O) groups is 1. The van der Waals surface area contributed by atoms with E-state index >= 15 is 0 Å². The smallest absolute Gasteiger partial charge is 0.410 e. The summed E-state index contributed by atoms with van der Waals surface area (Å²) in [5, 5.41) is 0. The van der Waals surface area contributed by atoms with E-state index in [1.54, 1.807) is 0 Å². The summed E-state index contributed by atoms with van der Waals surface area (Å²) in [6.45, 7) is 0.940. The first-order valence-corrected chi connectivity index (χ1v) is 9.77. The van der Waals surface area contributed by atoms with Crippen LogP contribution in [-0.4, -0.2) is 33.2 Å². The Balaban J connectivity index is 1.66. The first-order chi connectivity index (χ1) is 11.6. The minimum absolute atomic E-state index is 0.0695. The van der Waals surface area contributed by atoms with E-state index in [0.717, 1.165) is 12.0 Å². The van der Waals surface area contributed by atoms with Gasteiger partial charge < -0.3 is 9.64 Å². The molecule has 24 heavy (non-hydrogen) atoms. The molecule has 1 aliphatic rings. The van der Waals surface area contributed by atoms with E-state index in [4.69, 9.17) is 4.74 Å². The summed E-state index contributed by atoms with van der Waals surface area (Å²) in [7, 11) is 0. The standard InChI is InChI=1S/C19H19Br2NO2/c20-16-12-22(19(23)24-13-15-9-5-2-6-10-15)17(18(16)21)11-14-7-3-1-4-8-14/h1-10,16-18H,11-13H2/t16-,17-,18+/m1/s1. The lowest BCUT2D eigenvalue weighted by Gasteiger charge is -2.25. The van der Waals surface area contributed by atoms with E-state index in [9.17, 15) is 4.79 Å². The maximum Gasteiger partial charge on any atom is 0.410 e. The van der Waals surface area contributed by atoms with Crippen LogP contribution in [0.1, 0.15) is 11.1 Å². The van der Waals surface area contributed by atoms with Gasteiger partial charge in [-0.2, -0.15) is 0 Å². The summed E-state index contributed by atoms with van der Waals surface area (Å²) in [6, 6.07) is 20.1. The first-order valence-electron chi connectivity index (χ1n) is 7.94. The zero-order chi connectivity index (χ0) is 16.9. The number of carbonyl (C=O) groups excluding carboxylic acids is 1. The number of hydrogen-bond acceptors (Lipinski definition) is 2. The van der Waals surface area contributed by atoms with Crippen molar-refractivity contribution in [3.05, 3.63) is 71.8 Å². The van der Waals surface area contributed by atoms with Crippen molar-refractivity contribution >= 4 is 38.0 Å². The molecule has 0 aromatic heterocycles. The van der Waals surface area contributed by atoms with Crippen molar-refractivity contribution in [2.75, 3.05) is 6.54 Å². The lowest BCUT2D eigenvalue weighted by atomic mass is 10.0. The van der Waals surface area contributed by atoms with E-state index in [2.05, 4.69) is 44.0 Å². The summed E-state index contributed by atoms with van der Waals surface area (Å²) < 4.78 is 5.52. The second kappa shape index (κ2) is 8.17. The molecule has 1 fully saturated rings. The monoisotopic (exact) mass is 451 g/mol. The molecule has 2 aromatic carbocycles. The zero-order valence-electron chi connectivity index (χ0n) is 13.1. The quantitative estimate of drug-likeness (QED) is 0.625. The third-order valence-electron chi connectivity index (χ3n) is 4.21. The Hall–Kier alpha value is -1.33. The number of halogens is 2. The Morgan fingerprint density at radius 2 is 1.58 bits per heavy atom. The van der Waals surface area contributed by atoms with Gasteiger partial charge in [0.1, 0.15) is 6.61 Å². The number of benzene rings is 2. The van der Waals surface area contributed by atoms with E-state index in [1.165, 1.54) is 5.56 Å². The van der Waals surface area contributed by atoms with Crippen molar-refractivity contribution in [1.82, 2.24) is 4.90 Å². The van der Waals surface area contributed by atoms with Crippen LogP contribution in [0.15, 0.2) is 60.7 Å². The second-order valence-electron chi connectivity index (χ2n) is 5.91. The minimum Gasteiger partial charge on any atom is -0.445 e. The van der Waals surface area contributed by atoms with E-state index in [-0.39, 0.29) is 21.8 Å². The fourth-order valence-electron chi connectivity index (χ4n) is 2.93. The van der Waals surface area contributed by atoms with Gasteiger partial charge in [0, 0.05) is 16.2 Å². The van der Waals surface area contributed by atoms with E-state index in [1.807, 2.05) is 53.4 Å². The number of ether oxygens (including phenoxy) is 1.